The molecule has 10 heteroatoms. The average molecular weight is 514 g/mol. The van der Waals surface area contributed by atoms with Crippen molar-refractivity contribution in [3.63, 3.8) is 0 Å². The maximum absolute atomic E-state index is 12.6. The summed E-state index contributed by atoms with van der Waals surface area (Å²) in [5.74, 6) is 0.668. The zero-order valence-corrected chi connectivity index (χ0v) is 22.4. The summed E-state index contributed by atoms with van der Waals surface area (Å²) in [4.78, 5) is 31.7. The first-order valence-corrected chi connectivity index (χ1v) is 13.4. The van der Waals surface area contributed by atoms with Crippen LogP contribution in [0.5, 0.6) is 5.75 Å². The second-order valence-electron chi connectivity index (χ2n) is 9.88. The normalized spacial score (nSPS) is 14.7. The third-order valence-corrected chi connectivity index (χ3v) is 8.35. The van der Waals surface area contributed by atoms with Crippen LogP contribution in [0.1, 0.15) is 71.2 Å². The highest BCUT2D eigenvalue weighted by atomic mass is 32.1. The number of anilines is 1. The standard InChI is InChI=1S/C25H31N5O3S2/c1-15-6-7-18(12-16(15)2)33-13-20(31)30-10-8-17(9-11-30)22-26-19(14-34-22)21(32)27-24-29-28-23(35-24)25(3,4)5/h6-7,12,14,17H,8-11,13H2,1-5H3,(H,27,29,32). The number of carbonyl (C=O) groups excluding carboxylic acids is 2. The van der Waals surface area contributed by atoms with Crippen LogP contribution in [0.25, 0.3) is 0 Å². The smallest absolute Gasteiger partial charge is 0.276 e. The van der Waals surface area contributed by atoms with E-state index < -0.39 is 0 Å². The minimum atomic E-state index is -0.278. The summed E-state index contributed by atoms with van der Waals surface area (Å²) in [6.45, 7) is 11.6. The summed E-state index contributed by atoms with van der Waals surface area (Å²) in [7, 11) is 0. The molecule has 2 amide bonds. The van der Waals surface area contributed by atoms with E-state index in [-0.39, 0.29) is 29.8 Å². The van der Waals surface area contributed by atoms with Gasteiger partial charge in [-0.05, 0) is 49.9 Å². The summed E-state index contributed by atoms with van der Waals surface area (Å²) in [5.41, 5.74) is 2.61. The van der Waals surface area contributed by atoms with Gasteiger partial charge in [0.2, 0.25) is 5.13 Å². The quantitative estimate of drug-likeness (QED) is 0.501. The van der Waals surface area contributed by atoms with Crippen LogP contribution in [0.3, 0.4) is 0 Å². The minimum Gasteiger partial charge on any atom is -0.484 e. The van der Waals surface area contributed by atoms with Crippen molar-refractivity contribution in [2.24, 2.45) is 0 Å². The molecule has 3 heterocycles. The number of aromatic nitrogens is 3. The fourth-order valence-corrected chi connectivity index (χ4v) is 5.50. The summed E-state index contributed by atoms with van der Waals surface area (Å²) >= 11 is 2.87. The molecule has 4 rings (SSSR count). The lowest BCUT2D eigenvalue weighted by Gasteiger charge is -2.31. The van der Waals surface area contributed by atoms with Crippen LogP contribution in [-0.4, -0.2) is 51.6 Å². The first-order valence-electron chi connectivity index (χ1n) is 11.7. The van der Waals surface area contributed by atoms with Gasteiger partial charge in [-0.1, -0.05) is 38.2 Å². The third-order valence-electron chi connectivity index (χ3n) is 6.08. The van der Waals surface area contributed by atoms with E-state index in [0.717, 1.165) is 28.4 Å². The Morgan fingerprint density at radius 3 is 2.54 bits per heavy atom. The first-order chi connectivity index (χ1) is 16.6. The number of ether oxygens (including phenoxy) is 1. The molecule has 0 radical (unpaired) electrons. The van der Waals surface area contributed by atoms with Crippen molar-refractivity contribution >= 4 is 39.6 Å². The lowest BCUT2D eigenvalue weighted by atomic mass is 9.97. The topological polar surface area (TPSA) is 97.3 Å². The van der Waals surface area contributed by atoms with Crippen molar-refractivity contribution in [2.75, 3.05) is 25.0 Å². The molecule has 1 N–H and O–H groups in total. The molecule has 2 aromatic heterocycles. The largest absolute Gasteiger partial charge is 0.484 e. The van der Waals surface area contributed by atoms with Gasteiger partial charge in [-0.3, -0.25) is 14.9 Å². The molecular formula is C25H31N5O3S2. The molecule has 8 nitrogen and oxygen atoms in total. The number of hydrogen-bond acceptors (Lipinski definition) is 8. The Bertz CT molecular complexity index is 1210. The van der Waals surface area contributed by atoms with Crippen molar-refractivity contribution in [2.45, 2.75) is 58.8 Å². The predicted octanol–water partition coefficient (Wildman–Crippen LogP) is 4.95. The predicted molar refractivity (Wildman–Crippen MR) is 139 cm³/mol. The van der Waals surface area contributed by atoms with Gasteiger partial charge >= 0.3 is 0 Å². The number of carbonyl (C=O) groups is 2. The number of nitrogens with zero attached hydrogens (tertiary/aromatic N) is 4. The molecule has 0 aliphatic carbocycles. The molecule has 1 fully saturated rings. The number of piperidine rings is 1. The zero-order chi connectivity index (χ0) is 25.2. The summed E-state index contributed by atoms with van der Waals surface area (Å²) in [6.07, 6.45) is 1.63. The van der Waals surface area contributed by atoms with Crippen LogP contribution in [0, 0.1) is 13.8 Å². The van der Waals surface area contributed by atoms with E-state index in [1.165, 1.54) is 28.2 Å². The highest BCUT2D eigenvalue weighted by Gasteiger charge is 2.27. The Morgan fingerprint density at radius 1 is 1.14 bits per heavy atom. The fraction of sp³-hybridized carbons (Fsp3) is 0.480. The molecule has 1 aliphatic rings. The second-order valence-corrected chi connectivity index (χ2v) is 11.7. The molecule has 3 aromatic rings. The van der Waals surface area contributed by atoms with Crippen LogP contribution >= 0.6 is 22.7 Å². The molecule has 0 saturated carbocycles. The van der Waals surface area contributed by atoms with Gasteiger partial charge < -0.3 is 9.64 Å². The molecule has 186 valence electrons. The maximum atomic E-state index is 12.6. The summed E-state index contributed by atoms with van der Waals surface area (Å²) < 4.78 is 5.71. The van der Waals surface area contributed by atoms with Crippen molar-refractivity contribution in [1.29, 1.82) is 0 Å². The van der Waals surface area contributed by atoms with Crippen molar-refractivity contribution in [3.05, 3.63) is 50.4 Å². The van der Waals surface area contributed by atoms with Gasteiger partial charge in [0.05, 0.1) is 5.01 Å². The first kappa shape index (κ1) is 25.2. The average Bonchev–Trinajstić information content (AvgIpc) is 3.50. The van der Waals surface area contributed by atoms with E-state index in [4.69, 9.17) is 4.74 Å². The highest BCUT2D eigenvalue weighted by molar-refractivity contribution is 7.15. The number of amides is 2. The molecule has 0 bridgehead atoms. The number of rotatable bonds is 6. The van der Waals surface area contributed by atoms with Crippen molar-refractivity contribution in [3.8, 4) is 5.75 Å². The third kappa shape index (κ3) is 6.24. The summed E-state index contributed by atoms with van der Waals surface area (Å²) in [6, 6.07) is 5.85. The van der Waals surface area contributed by atoms with E-state index >= 15 is 0 Å². The fourth-order valence-electron chi connectivity index (χ4n) is 3.73. The molecule has 0 spiro atoms. The molecule has 1 aromatic carbocycles. The van der Waals surface area contributed by atoms with Crippen LogP contribution in [0.2, 0.25) is 0 Å². The van der Waals surface area contributed by atoms with E-state index in [1.54, 1.807) is 5.38 Å². The minimum absolute atomic E-state index is 0.00688. The van der Waals surface area contributed by atoms with Gasteiger partial charge in [0.1, 0.15) is 16.5 Å². The highest BCUT2D eigenvalue weighted by Crippen LogP contribution is 2.31. The molecule has 0 unspecified atom stereocenters. The number of nitrogens with one attached hydrogen (secondary N) is 1. The van der Waals surface area contributed by atoms with Gasteiger partial charge in [0.25, 0.3) is 11.8 Å². The SMILES string of the molecule is Cc1ccc(OCC(=O)N2CCC(c3nc(C(=O)Nc4nnc(C(C)(C)C)s4)cs3)CC2)cc1C. The molecule has 1 aliphatic heterocycles. The van der Waals surface area contributed by atoms with Crippen LogP contribution in [0.4, 0.5) is 5.13 Å². The molecule has 1 saturated heterocycles. The molecule has 0 atom stereocenters. The number of benzene rings is 1. The van der Waals surface area contributed by atoms with E-state index in [1.807, 2.05) is 36.9 Å². The summed E-state index contributed by atoms with van der Waals surface area (Å²) in [5, 5.41) is 15.1. The van der Waals surface area contributed by atoms with Crippen LogP contribution in [0.15, 0.2) is 23.6 Å². The van der Waals surface area contributed by atoms with Gasteiger partial charge in [0, 0.05) is 29.8 Å². The van der Waals surface area contributed by atoms with E-state index in [2.05, 4.69) is 41.3 Å². The monoisotopic (exact) mass is 513 g/mol. The van der Waals surface area contributed by atoms with E-state index in [9.17, 15) is 9.59 Å². The van der Waals surface area contributed by atoms with Gasteiger partial charge in [-0.2, -0.15) is 0 Å². The van der Waals surface area contributed by atoms with Gasteiger partial charge in [-0.25, -0.2) is 4.98 Å². The number of likely N-dealkylation sites (tertiary alicyclic amines) is 1. The number of aryl methyl sites for hydroxylation is 2. The lowest BCUT2D eigenvalue weighted by Crippen LogP contribution is -2.40. The number of hydrogen-bond donors (Lipinski definition) is 1. The van der Waals surface area contributed by atoms with Gasteiger partial charge in [-0.15, -0.1) is 21.5 Å². The second kappa shape index (κ2) is 10.4. The number of thiazole rings is 1. The van der Waals surface area contributed by atoms with E-state index in [0.29, 0.717) is 29.7 Å². The van der Waals surface area contributed by atoms with Crippen LogP contribution < -0.4 is 10.1 Å². The van der Waals surface area contributed by atoms with Crippen molar-refractivity contribution in [1.82, 2.24) is 20.1 Å². The Hall–Kier alpha value is -2.85. The Labute approximate surface area is 213 Å². The zero-order valence-electron chi connectivity index (χ0n) is 20.8. The van der Waals surface area contributed by atoms with Crippen LogP contribution in [-0.2, 0) is 10.2 Å². The lowest BCUT2D eigenvalue weighted by molar-refractivity contribution is -0.134. The Balaban J connectivity index is 1.27. The van der Waals surface area contributed by atoms with Crippen molar-refractivity contribution < 1.29 is 14.3 Å². The Kier molecular flexibility index (Phi) is 7.51. The maximum Gasteiger partial charge on any atom is 0.276 e. The van der Waals surface area contributed by atoms with Gasteiger partial charge in [0.15, 0.2) is 6.61 Å². The Morgan fingerprint density at radius 2 is 1.89 bits per heavy atom. The molecular weight excluding hydrogens is 482 g/mol. The molecule has 35 heavy (non-hydrogen) atoms.